The number of carbonyl (C=O) groups is 1. The number of hydrogen-bond donors (Lipinski definition) is 0. The molecule has 128 valence electrons. The molecule has 0 unspecified atom stereocenters. The molecule has 0 saturated carbocycles. The number of rotatable bonds is 5. The van der Waals surface area contributed by atoms with E-state index in [-0.39, 0.29) is 12.6 Å². The maximum Gasteiger partial charge on any atom is 0.340 e. The van der Waals surface area contributed by atoms with Gasteiger partial charge in [-0.1, -0.05) is 37.3 Å². The minimum atomic E-state index is -0.330. The van der Waals surface area contributed by atoms with Crippen molar-refractivity contribution >= 4 is 16.9 Å². The maximum absolute atomic E-state index is 12.7. The number of ether oxygens (including phenoxy) is 2. The molecule has 0 radical (unpaired) electrons. The Morgan fingerprint density at radius 3 is 2.48 bits per heavy atom. The van der Waals surface area contributed by atoms with Gasteiger partial charge in [0.25, 0.3) is 0 Å². The van der Waals surface area contributed by atoms with Crippen LogP contribution in [-0.4, -0.2) is 18.1 Å². The van der Waals surface area contributed by atoms with E-state index >= 15 is 0 Å². The fourth-order valence-corrected chi connectivity index (χ4v) is 2.91. The van der Waals surface area contributed by atoms with Crippen molar-refractivity contribution in [1.29, 1.82) is 0 Å². The standard InChI is InChI=1S/C21H21NO3/c1-4-18-20(14(2)17-7-5-6-8-19(17)22-18)21(23)25-13-15-9-11-16(24-3)12-10-15/h5-12H,4,13H2,1-3H3. The monoisotopic (exact) mass is 335 g/mol. The number of esters is 1. The smallest absolute Gasteiger partial charge is 0.340 e. The summed E-state index contributed by atoms with van der Waals surface area (Å²) in [5, 5.41) is 0.982. The fourth-order valence-electron chi connectivity index (χ4n) is 2.91. The highest BCUT2D eigenvalue weighted by Crippen LogP contribution is 2.24. The Kier molecular flexibility index (Phi) is 4.98. The number of carbonyl (C=O) groups excluding carboxylic acids is 1. The SMILES string of the molecule is CCc1nc2ccccc2c(C)c1C(=O)OCc1ccc(OC)cc1. The van der Waals surface area contributed by atoms with Crippen molar-refractivity contribution in [2.45, 2.75) is 26.9 Å². The predicted molar refractivity (Wildman–Crippen MR) is 98.0 cm³/mol. The average molecular weight is 335 g/mol. The Hall–Kier alpha value is -2.88. The first-order valence-electron chi connectivity index (χ1n) is 8.32. The van der Waals surface area contributed by atoms with Crippen LogP contribution in [-0.2, 0) is 17.8 Å². The number of fused-ring (bicyclic) bond motifs is 1. The summed E-state index contributed by atoms with van der Waals surface area (Å²) in [4.78, 5) is 17.3. The van der Waals surface area contributed by atoms with E-state index in [2.05, 4.69) is 4.98 Å². The van der Waals surface area contributed by atoms with Gasteiger partial charge in [0.15, 0.2) is 0 Å². The molecule has 0 aliphatic heterocycles. The third-order valence-corrected chi connectivity index (χ3v) is 4.30. The van der Waals surface area contributed by atoms with Gasteiger partial charge in [0.1, 0.15) is 12.4 Å². The lowest BCUT2D eigenvalue weighted by atomic mass is 10.0. The number of aromatic nitrogens is 1. The van der Waals surface area contributed by atoms with E-state index in [1.807, 2.05) is 62.4 Å². The van der Waals surface area contributed by atoms with E-state index in [4.69, 9.17) is 9.47 Å². The zero-order valence-electron chi connectivity index (χ0n) is 14.7. The first kappa shape index (κ1) is 17.0. The van der Waals surface area contributed by atoms with E-state index < -0.39 is 0 Å². The number of hydrogen-bond acceptors (Lipinski definition) is 4. The zero-order chi connectivity index (χ0) is 17.8. The summed E-state index contributed by atoms with van der Waals surface area (Å²) in [5.41, 5.74) is 4.09. The quantitative estimate of drug-likeness (QED) is 0.645. The van der Waals surface area contributed by atoms with Crippen LogP contribution in [0.5, 0.6) is 5.75 Å². The molecule has 2 aromatic carbocycles. The maximum atomic E-state index is 12.7. The highest BCUT2D eigenvalue weighted by molar-refractivity contribution is 5.98. The molecule has 0 fully saturated rings. The molecule has 25 heavy (non-hydrogen) atoms. The predicted octanol–water partition coefficient (Wildman–Crippen LogP) is 4.47. The number of nitrogens with zero attached hydrogens (tertiary/aromatic N) is 1. The summed E-state index contributed by atoms with van der Waals surface area (Å²) >= 11 is 0. The zero-order valence-corrected chi connectivity index (χ0v) is 14.7. The van der Waals surface area contributed by atoms with E-state index in [1.54, 1.807) is 7.11 Å². The minimum absolute atomic E-state index is 0.220. The van der Waals surface area contributed by atoms with Gasteiger partial charge in [0.2, 0.25) is 0 Å². The van der Waals surface area contributed by atoms with Crippen molar-refractivity contribution in [2.75, 3.05) is 7.11 Å². The minimum Gasteiger partial charge on any atom is -0.497 e. The third-order valence-electron chi connectivity index (χ3n) is 4.30. The molecular weight excluding hydrogens is 314 g/mol. The summed E-state index contributed by atoms with van der Waals surface area (Å²) in [6, 6.07) is 15.3. The Bertz CT molecular complexity index is 901. The second kappa shape index (κ2) is 7.34. The molecule has 0 bridgehead atoms. The van der Waals surface area contributed by atoms with Crippen LogP contribution in [0.2, 0.25) is 0 Å². The van der Waals surface area contributed by atoms with Gasteiger partial charge in [-0.2, -0.15) is 0 Å². The van der Waals surface area contributed by atoms with Crippen LogP contribution in [0.4, 0.5) is 0 Å². The molecular formula is C21H21NO3. The van der Waals surface area contributed by atoms with E-state index in [9.17, 15) is 4.79 Å². The van der Waals surface area contributed by atoms with Gasteiger partial charge in [-0.15, -0.1) is 0 Å². The normalized spacial score (nSPS) is 10.7. The Morgan fingerprint density at radius 2 is 1.80 bits per heavy atom. The van der Waals surface area contributed by atoms with Crippen molar-refractivity contribution < 1.29 is 14.3 Å². The van der Waals surface area contributed by atoms with Crippen LogP contribution in [0.25, 0.3) is 10.9 Å². The van der Waals surface area contributed by atoms with Crippen LogP contribution in [0.3, 0.4) is 0 Å². The van der Waals surface area contributed by atoms with Gasteiger partial charge in [0.05, 0.1) is 23.9 Å². The second-order valence-electron chi connectivity index (χ2n) is 5.85. The molecule has 3 aromatic rings. The summed E-state index contributed by atoms with van der Waals surface area (Å²) in [6.45, 7) is 4.17. The lowest BCUT2D eigenvalue weighted by Gasteiger charge is -2.13. The molecule has 0 N–H and O–H groups in total. The van der Waals surface area contributed by atoms with E-state index in [0.717, 1.165) is 33.5 Å². The van der Waals surface area contributed by atoms with Gasteiger partial charge in [-0.25, -0.2) is 4.79 Å². The Morgan fingerprint density at radius 1 is 1.08 bits per heavy atom. The number of methoxy groups -OCH3 is 1. The molecule has 0 spiro atoms. The molecule has 4 nitrogen and oxygen atoms in total. The first-order chi connectivity index (χ1) is 12.1. The van der Waals surface area contributed by atoms with Gasteiger partial charge >= 0.3 is 5.97 Å². The molecule has 0 atom stereocenters. The van der Waals surface area contributed by atoms with Crippen molar-refractivity contribution in [3.05, 3.63) is 70.9 Å². The van der Waals surface area contributed by atoms with Gasteiger partial charge in [-0.3, -0.25) is 4.98 Å². The van der Waals surface area contributed by atoms with Crippen LogP contribution in [0, 0.1) is 6.92 Å². The largest absolute Gasteiger partial charge is 0.497 e. The Labute approximate surface area is 147 Å². The summed E-state index contributed by atoms with van der Waals surface area (Å²) in [7, 11) is 1.62. The van der Waals surface area contributed by atoms with Crippen LogP contribution < -0.4 is 4.74 Å². The Balaban J connectivity index is 1.86. The summed E-state index contributed by atoms with van der Waals surface area (Å²) in [6.07, 6.45) is 0.679. The average Bonchev–Trinajstić information content (AvgIpc) is 2.66. The number of aryl methyl sites for hydroxylation is 2. The molecule has 0 aliphatic carbocycles. The van der Waals surface area contributed by atoms with Crippen LogP contribution in [0.15, 0.2) is 48.5 Å². The summed E-state index contributed by atoms with van der Waals surface area (Å²) < 4.78 is 10.7. The molecule has 1 heterocycles. The molecule has 1 aromatic heterocycles. The van der Waals surface area contributed by atoms with Crippen molar-refractivity contribution in [3.63, 3.8) is 0 Å². The topological polar surface area (TPSA) is 48.4 Å². The van der Waals surface area contributed by atoms with E-state index in [0.29, 0.717) is 12.0 Å². The number of benzene rings is 2. The summed E-state index contributed by atoms with van der Waals surface area (Å²) in [5.74, 6) is 0.446. The highest BCUT2D eigenvalue weighted by atomic mass is 16.5. The van der Waals surface area contributed by atoms with Crippen LogP contribution >= 0.6 is 0 Å². The lowest BCUT2D eigenvalue weighted by Crippen LogP contribution is -2.12. The second-order valence-corrected chi connectivity index (χ2v) is 5.85. The van der Waals surface area contributed by atoms with Crippen molar-refractivity contribution in [1.82, 2.24) is 4.98 Å². The van der Waals surface area contributed by atoms with Crippen molar-refractivity contribution in [2.24, 2.45) is 0 Å². The van der Waals surface area contributed by atoms with Gasteiger partial charge in [0, 0.05) is 5.39 Å². The van der Waals surface area contributed by atoms with Crippen molar-refractivity contribution in [3.8, 4) is 5.75 Å². The molecule has 3 rings (SSSR count). The van der Waals surface area contributed by atoms with E-state index in [1.165, 1.54) is 0 Å². The number of para-hydroxylation sites is 1. The first-order valence-corrected chi connectivity index (χ1v) is 8.32. The van der Waals surface area contributed by atoms with Gasteiger partial charge < -0.3 is 9.47 Å². The van der Waals surface area contributed by atoms with Crippen LogP contribution in [0.1, 0.15) is 34.1 Å². The molecule has 0 amide bonds. The fraction of sp³-hybridized carbons (Fsp3) is 0.238. The number of pyridine rings is 1. The van der Waals surface area contributed by atoms with Gasteiger partial charge in [-0.05, 0) is 42.7 Å². The molecule has 0 saturated heterocycles. The lowest BCUT2D eigenvalue weighted by molar-refractivity contribution is 0.0470. The third kappa shape index (κ3) is 3.48. The molecule has 4 heteroatoms. The molecule has 0 aliphatic rings. The highest BCUT2D eigenvalue weighted by Gasteiger charge is 2.19.